The Bertz CT molecular complexity index is 328. The highest BCUT2D eigenvalue weighted by Gasteiger charge is 1.98. The fourth-order valence-corrected chi connectivity index (χ4v) is 1.27. The number of hydrogen-bond donors (Lipinski definition) is 0. The van der Waals surface area contributed by atoms with E-state index < -0.39 is 0 Å². The third-order valence-electron chi connectivity index (χ3n) is 2.09. The van der Waals surface area contributed by atoms with Gasteiger partial charge in [0.25, 0.3) is 0 Å². The lowest BCUT2D eigenvalue weighted by atomic mass is 10.2. The highest BCUT2D eigenvalue weighted by atomic mass is 16.5. The molecule has 0 aromatic heterocycles. The molecule has 0 aliphatic rings. The minimum absolute atomic E-state index is 0.112. The van der Waals surface area contributed by atoms with Crippen molar-refractivity contribution in [2.75, 3.05) is 6.61 Å². The second-order valence-corrected chi connectivity index (χ2v) is 3.57. The van der Waals surface area contributed by atoms with Gasteiger partial charge in [0.2, 0.25) is 0 Å². The Labute approximate surface area is 96.9 Å². The molecule has 1 rings (SSSR count). The molecule has 0 atom stereocenters. The molecule has 86 valence electrons. The molecular formula is C14H18O2. The molecule has 0 N–H and O–H groups in total. The summed E-state index contributed by atoms with van der Waals surface area (Å²) in [6.45, 7) is 2.52. The van der Waals surface area contributed by atoms with Crippen molar-refractivity contribution in [3.63, 3.8) is 0 Å². The van der Waals surface area contributed by atoms with Gasteiger partial charge in [0, 0.05) is 6.42 Å². The van der Waals surface area contributed by atoms with Crippen molar-refractivity contribution in [3.05, 3.63) is 42.0 Å². The van der Waals surface area contributed by atoms with E-state index in [1.165, 1.54) is 0 Å². The molecule has 0 saturated carbocycles. The number of carbonyl (C=O) groups excluding carboxylic acids is 1. The van der Waals surface area contributed by atoms with Crippen LogP contribution in [0.3, 0.4) is 0 Å². The summed E-state index contributed by atoms with van der Waals surface area (Å²) in [6, 6.07) is 10.0. The first kappa shape index (κ1) is 12.5. The Morgan fingerprint density at radius 2 is 2.06 bits per heavy atom. The summed E-state index contributed by atoms with van der Waals surface area (Å²) < 4.78 is 4.97. The van der Waals surface area contributed by atoms with Crippen LogP contribution >= 0.6 is 0 Å². The van der Waals surface area contributed by atoms with Crippen LogP contribution in [0.5, 0.6) is 0 Å². The van der Waals surface area contributed by atoms with Crippen molar-refractivity contribution >= 4 is 12.0 Å². The van der Waals surface area contributed by atoms with Gasteiger partial charge in [-0.05, 0) is 18.4 Å². The van der Waals surface area contributed by atoms with Crippen molar-refractivity contribution in [3.8, 4) is 0 Å². The maximum atomic E-state index is 11.2. The van der Waals surface area contributed by atoms with Crippen molar-refractivity contribution in [2.45, 2.75) is 26.2 Å². The van der Waals surface area contributed by atoms with E-state index in [1.54, 1.807) is 0 Å². The van der Waals surface area contributed by atoms with Crippen LogP contribution in [0, 0.1) is 0 Å². The molecule has 2 heteroatoms. The van der Waals surface area contributed by atoms with Crippen LogP contribution in [-0.2, 0) is 9.53 Å². The standard InChI is InChI=1S/C14H18O2/c1-2-12-16-14(15)11-7-6-10-13-8-4-3-5-9-13/h3-6,8-10H,2,7,11-12H2,1H3. The molecular weight excluding hydrogens is 200 g/mol. The van der Waals surface area contributed by atoms with Crippen molar-refractivity contribution in [2.24, 2.45) is 0 Å². The molecule has 1 aromatic rings. The molecule has 0 aliphatic heterocycles. The molecule has 0 radical (unpaired) electrons. The Hall–Kier alpha value is -1.57. The maximum Gasteiger partial charge on any atom is 0.306 e. The first-order valence-corrected chi connectivity index (χ1v) is 5.70. The molecule has 0 heterocycles. The first-order valence-electron chi connectivity index (χ1n) is 5.70. The van der Waals surface area contributed by atoms with Gasteiger partial charge in [0.15, 0.2) is 0 Å². The average Bonchev–Trinajstić information content (AvgIpc) is 2.33. The normalized spacial score (nSPS) is 10.6. The summed E-state index contributed by atoms with van der Waals surface area (Å²) in [7, 11) is 0. The van der Waals surface area contributed by atoms with Crippen LogP contribution < -0.4 is 0 Å². The molecule has 0 fully saturated rings. The molecule has 0 saturated heterocycles. The molecule has 0 amide bonds. The topological polar surface area (TPSA) is 26.3 Å². The van der Waals surface area contributed by atoms with Crippen LogP contribution in [0.1, 0.15) is 31.7 Å². The highest BCUT2D eigenvalue weighted by molar-refractivity contribution is 5.69. The number of allylic oxidation sites excluding steroid dienone is 1. The molecule has 0 aliphatic carbocycles. The fraction of sp³-hybridized carbons (Fsp3) is 0.357. The van der Waals surface area contributed by atoms with Crippen LogP contribution in [0.15, 0.2) is 36.4 Å². The summed E-state index contributed by atoms with van der Waals surface area (Å²) in [6.07, 6.45) is 6.10. The predicted octanol–water partition coefficient (Wildman–Crippen LogP) is 3.43. The van der Waals surface area contributed by atoms with Gasteiger partial charge in [-0.25, -0.2) is 0 Å². The first-order chi connectivity index (χ1) is 7.83. The van der Waals surface area contributed by atoms with Gasteiger partial charge in [-0.3, -0.25) is 4.79 Å². The number of rotatable bonds is 6. The molecule has 1 aromatic carbocycles. The largest absolute Gasteiger partial charge is 0.466 e. The zero-order valence-corrected chi connectivity index (χ0v) is 9.69. The van der Waals surface area contributed by atoms with E-state index in [2.05, 4.69) is 0 Å². The third-order valence-corrected chi connectivity index (χ3v) is 2.09. The van der Waals surface area contributed by atoms with E-state index in [9.17, 15) is 4.79 Å². The maximum absolute atomic E-state index is 11.2. The summed E-state index contributed by atoms with van der Waals surface area (Å²) in [5, 5.41) is 0. The quantitative estimate of drug-likeness (QED) is 0.684. The van der Waals surface area contributed by atoms with Crippen LogP contribution in [-0.4, -0.2) is 12.6 Å². The predicted molar refractivity (Wildman–Crippen MR) is 66.0 cm³/mol. The van der Waals surface area contributed by atoms with E-state index >= 15 is 0 Å². The lowest BCUT2D eigenvalue weighted by molar-refractivity contribution is -0.143. The lowest BCUT2D eigenvalue weighted by Gasteiger charge is -2.00. The summed E-state index contributed by atoms with van der Waals surface area (Å²) >= 11 is 0. The van der Waals surface area contributed by atoms with Crippen LogP contribution in [0.2, 0.25) is 0 Å². The monoisotopic (exact) mass is 218 g/mol. The fourth-order valence-electron chi connectivity index (χ4n) is 1.27. The van der Waals surface area contributed by atoms with Gasteiger partial charge in [-0.15, -0.1) is 0 Å². The Balaban J connectivity index is 2.20. The van der Waals surface area contributed by atoms with Crippen LogP contribution in [0.4, 0.5) is 0 Å². The van der Waals surface area contributed by atoms with Crippen LogP contribution in [0.25, 0.3) is 6.08 Å². The smallest absolute Gasteiger partial charge is 0.306 e. The molecule has 2 nitrogen and oxygen atoms in total. The lowest BCUT2D eigenvalue weighted by Crippen LogP contribution is -2.03. The molecule has 0 bridgehead atoms. The number of hydrogen-bond acceptors (Lipinski definition) is 2. The zero-order chi connectivity index (χ0) is 11.6. The Morgan fingerprint density at radius 1 is 1.31 bits per heavy atom. The van der Waals surface area contributed by atoms with Gasteiger partial charge in [-0.2, -0.15) is 0 Å². The zero-order valence-electron chi connectivity index (χ0n) is 9.69. The van der Waals surface area contributed by atoms with E-state index in [0.29, 0.717) is 13.0 Å². The van der Waals surface area contributed by atoms with Gasteiger partial charge in [0.1, 0.15) is 0 Å². The van der Waals surface area contributed by atoms with Gasteiger partial charge in [0.05, 0.1) is 6.61 Å². The molecule has 16 heavy (non-hydrogen) atoms. The average molecular weight is 218 g/mol. The van der Waals surface area contributed by atoms with E-state index in [-0.39, 0.29) is 5.97 Å². The van der Waals surface area contributed by atoms with E-state index in [4.69, 9.17) is 4.74 Å². The van der Waals surface area contributed by atoms with Crippen molar-refractivity contribution in [1.82, 2.24) is 0 Å². The molecule has 0 spiro atoms. The number of esters is 1. The second kappa shape index (κ2) is 7.69. The van der Waals surface area contributed by atoms with Crippen molar-refractivity contribution < 1.29 is 9.53 Å². The van der Waals surface area contributed by atoms with E-state index in [0.717, 1.165) is 18.4 Å². The molecule has 0 unspecified atom stereocenters. The van der Waals surface area contributed by atoms with Gasteiger partial charge in [-0.1, -0.05) is 49.4 Å². The minimum Gasteiger partial charge on any atom is -0.466 e. The second-order valence-electron chi connectivity index (χ2n) is 3.57. The number of carbonyl (C=O) groups is 1. The van der Waals surface area contributed by atoms with E-state index in [1.807, 2.05) is 49.4 Å². The number of benzene rings is 1. The number of ether oxygens (including phenoxy) is 1. The van der Waals surface area contributed by atoms with Gasteiger partial charge >= 0.3 is 5.97 Å². The van der Waals surface area contributed by atoms with Crippen molar-refractivity contribution in [1.29, 1.82) is 0 Å². The van der Waals surface area contributed by atoms with Gasteiger partial charge < -0.3 is 4.74 Å². The minimum atomic E-state index is -0.112. The Morgan fingerprint density at radius 3 is 2.75 bits per heavy atom. The summed E-state index contributed by atoms with van der Waals surface area (Å²) in [5.41, 5.74) is 1.16. The third kappa shape index (κ3) is 5.35. The highest BCUT2D eigenvalue weighted by Crippen LogP contribution is 2.03. The Kier molecular flexibility index (Phi) is 6.00. The summed E-state index contributed by atoms with van der Waals surface area (Å²) in [4.78, 5) is 11.2. The summed E-state index contributed by atoms with van der Waals surface area (Å²) in [5.74, 6) is -0.112. The SMILES string of the molecule is CCCOC(=O)CCC=Cc1ccccc1.